The van der Waals surface area contributed by atoms with Crippen molar-refractivity contribution in [1.29, 1.82) is 0 Å². The van der Waals surface area contributed by atoms with Crippen LogP contribution in [-0.2, 0) is 5.88 Å². The normalized spacial score (nSPS) is 16.9. The zero-order valence-electron chi connectivity index (χ0n) is 8.13. The highest BCUT2D eigenvalue weighted by atomic mass is 35.5. The van der Waals surface area contributed by atoms with Crippen molar-refractivity contribution in [1.82, 2.24) is 0 Å². The van der Waals surface area contributed by atoms with Gasteiger partial charge in [0.2, 0.25) is 0 Å². The summed E-state index contributed by atoms with van der Waals surface area (Å²) >= 11 is 5.77. The molecule has 0 aromatic heterocycles. The van der Waals surface area contributed by atoms with Crippen molar-refractivity contribution in [2.75, 3.05) is 18.0 Å². The highest BCUT2D eigenvalue weighted by Gasteiger charge is 2.24. The molecule has 0 atom stereocenters. The maximum absolute atomic E-state index is 12.9. The Bertz CT molecular complexity index is 334. The van der Waals surface area contributed by atoms with E-state index in [4.69, 9.17) is 11.6 Å². The van der Waals surface area contributed by atoms with E-state index in [2.05, 4.69) is 11.8 Å². The average Bonchev–Trinajstić information content (AvgIpc) is 2.13. The summed E-state index contributed by atoms with van der Waals surface area (Å²) in [6, 6.07) is 4.83. The molecule has 1 saturated heterocycles. The first-order valence-electron chi connectivity index (χ1n) is 4.80. The van der Waals surface area contributed by atoms with E-state index in [0.29, 0.717) is 5.88 Å². The molecule has 2 rings (SSSR count). The van der Waals surface area contributed by atoms with Crippen LogP contribution in [-0.4, -0.2) is 13.1 Å². The van der Waals surface area contributed by atoms with Crippen molar-refractivity contribution in [2.45, 2.75) is 12.8 Å². The zero-order valence-corrected chi connectivity index (χ0v) is 8.89. The molecule has 0 unspecified atom stereocenters. The fourth-order valence-electron chi connectivity index (χ4n) is 1.87. The number of benzene rings is 1. The summed E-state index contributed by atoms with van der Waals surface area (Å²) in [6.07, 6.45) is 0. The van der Waals surface area contributed by atoms with Crippen molar-refractivity contribution in [2.24, 2.45) is 5.92 Å². The second kappa shape index (κ2) is 3.77. The maximum atomic E-state index is 12.9. The second-order valence-electron chi connectivity index (χ2n) is 3.92. The van der Waals surface area contributed by atoms with Gasteiger partial charge in [-0.1, -0.05) is 6.92 Å². The van der Waals surface area contributed by atoms with Gasteiger partial charge in [-0.3, -0.25) is 0 Å². The lowest BCUT2D eigenvalue weighted by Gasteiger charge is -2.40. The molecular formula is C11H13ClFN. The molecule has 1 heterocycles. The van der Waals surface area contributed by atoms with E-state index in [0.717, 1.165) is 30.3 Å². The van der Waals surface area contributed by atoms with Crippen LogP contribution in [0.1, 0.15) is 12.5 Å². The Morgan fingerprint density at radius 1 is 1.50 bits per heavy atom. The average molecular weight is 214 g/mol. The molecule has 0 aliphatic carbocycles. The highest BCUT2D eigenvalue weighted by Crippen LogP contribution is 2.29. The van der Waals surface area contributed by atoms with Crippen LogP contribution in [0.25, 0.3) is 0 Å². The van der Waals surface area contributed by atoms with Gasteiger partial charge in [0.15, 0.2) is 0 Å². The molecule has 76 valence electrons. The summed E-state index contributed by atoms with van der Waals surface area (Å²) in [6.45, 7) is 4.31. The Labute approximate surface area is 88.5 Å². The first kappa shape index (κ1) is 9.78. The third kappa shape index (κ3) is 1.71. The molecule has 1 nitrogen and oxygen atoms in total. The molecule has 1 aliphatic rings. The summed E-state index contributed by atoms with van der Waals surface area (Å²) in [5.41, 5.74) is 1.97. The Balaban J connectivity index is 2.24. The Hall–Kier alpha value is -0.760. The van der Waals surface area contributed by atoms with Crippen molar-refractivity contribution >= 4 is 17.3 Å². The Morgan fingerprint density at radius 2 is 2.21 bits per heavy atom. The molecule has 0 N–H and O–H groups in total. The van der Waals surface area contributed by atoms with E-state index in [-0.39, 0.29) is 5.82 Å². The van der Waals surface area contributed by atoms with E-state index in [1.807, 2.05) is 6.07 Å². The Morgan fingerprint density at radius 3 is 2.79 bits per heavy atom. The van der Waals surface area contributed by atoms with Gasteiger partial charge in [0.25, 0.3) is 0 Å². The number of nitrogens with zero attached hydrogens (tertiary/aromatic N) is 1. The Kier molecular flexibility index (Phi) is 2.64. The second-order valence-corrected chi connectivity index (χ2v) is 4.18. The van der Waals surface area contributed by atoms with Gasteiger partial charge in [0, 0.05) is 24.7 Å². The first-order chi connectivity index (χ1) is 6.70. The zero-order chi connectivity index (χ0) is 10.1. The largest absolute Gasteiger partial charge is 0.371 e. The van der Waals surface area contributed by atoms with E-state index in [1.165, 1.54) is 12.1 Å². The van der Waals surface area contributed by atoms with Crippen LogP contribution in [0.5, 0.6) is 0 Å². The lowest BCUT2D eigenvalue weighted by atomic mass is 10.0. The standard InChI is InChI=1S/C11H13ClFN/c1-8-6-14(7-8)11-3-2-10(13)4-9(11)5-12/h2-4,8H,5-7H2,1H3. The van der Waals surface area contributed by atoms with Crippen LogP contribution in [0.3, 0.4) is 0 Å². The minimum atomic E-state index is -0.210. The molecular weight excluding hydrogens is 201 g/mol. The van der Waals surface area contributed by atoms with E-state index in [9.17, 15) is 4.39 Å². The van der Waals surface area contributed by atoms with Crippen LogP contribution < -0.4 is 4.90 Å². The monoisotopic (exact) mass is 213 g/mol. The number of rotatable bonds is 2. The smallest absolute Gasteiger partial charge is 0.123 e. The molecule has 1 aliphatic heterocycles. The van der Waals surface area contributed by atoms with Gasteiger partial charge in [-0.15, -0.1) is 11.6 Å². The van der Waals surface area contributed by atoms with Crippen LogP contribution >= 0.6 is 11.6 Å². The number of hydrogen-bond donors (Lipinski definition) is 0. The van der Waals surface area contributed by atoms with Crippen molar-refractivity contribution in [3.8, 4) is 0 Å². The van der Waals surface area contributed by atoms with Crippen molar-refractivity contribution in [3.63, 3.8) is 0 Å². The topological polar surface area (TPSA) is 3.24 Å². The summed E-state index contributed by atoms with van der Waals surface area (Å²) in [5, 5.41) is 0. The van der Waals surface area contributed by atoms with Gasteiger partial charge in [-0.05, 0) is 29.7 Å². The predicted molar refractivity (Wildman–Crippen MR) is 57.3 cm³/mol. The summed E-state index contributed by atoms with van der Waals surface area (Å²) < 4.78 is 12.9. The molecule has 0 saturated carbocycles. The van der Waals surface area contributed by atoms with Gasteiger partial charge in [0.05, 0.1) is 0 Å². The molecule has 0 bridgehead atoms. The molecule has 1 aromatic rings. The highest BCUT2D eigenvalue weighted by molar-refractivity contribution is 6.17. The quantitative estimate of drug-likeness (QED) is 0.683. The van der Waals surface area contributed by atoms with Gasteiger partial charge in [-0.25, -0.2) is 4.39 Å². The predicted octanol–water partition coefficient (Wildman–Crippen LogP) is 3.02. The van der Waals surface area contributed by atoms with Crippen LogP contribution in [0.2, 0.25) is 0 Å². The number of alkyl halides is 1. The molecule has 0 amide bonds. The summed E-state index contributed by atoms with van der Waals surface area (Å²) in [5.74, 6) is 0.902. The SMILES string of the molecule is CC1CN(c2ccc(F)cc2CCl)C1. The molecule has 1 aromatic carbocycles. The minimum absolute atomic E-state index is 0.210. The fourth-order valence-corrected chi connectivity index (χ4v) is 2.08. The van der Waals surface area contributed by atoms with Gasteiger partial charge >= 0.3 is 0 Å². The molecule has 14 heavy (non-hydrogen) atoms. The third-order valence-electron chi connectivity index (χ3n) is 2.59. The van der Waals surface area contributed by atoms with Crippen molar-refractivity contribution < 1.29 is 4.39 Å². The summed E-state index contributed by atoms with van der Waals surface area (Å²) in [4.78, 5) is 2.24. The van der Waals surface area contributed by atoms with E-state index >= 15 is 0 Å². The molecule has 0 radical (unpaired) electrons. The van der Waals surface area contributed by atoms with Crippen LogP contribution in [0.15, 0.2) is 18.2 Å². The fraction of sp³-hybridized carbons (Fsp3) is 0.455. The number of hydrogen-bond acceptors (Lipinski definition) is 1. The molecule has 0 spiro atoms. The lowest BCUT2D eigenvalue weighted by molar-refractivity contribution is 0.446. The lowest BCUT2D eigenvalue weighted by Crippen LogP contribution is -2.45. The van der Waals surface area contributed by atoms with Gasteiger partial charge in [0.1, 0.15) is 5.82 Å². The third-order valence-corrected chi connectivity index (χ3v) is 2.88. The number of anilines is 1. The van der Waals surface area contributed by atoms with E-state index in [1.54, 1.807) is 0 Å². The first-order valence-corrected chi connectivity index (χ1v) is 5.33. The van der Waals surface area contributed by atoms with Crippen LogP contribution in [0.4, 0.5) is 10.1 Å². The van der Waals surface area contributed by atoms with Gasteiger partial charge in [-0.2, -0.15) is 0 Å². The maximum Gasteiger partial charge on any atom is 0.123 e. The number of halogens is 2. The van der Waals surface area contributed by atoms with Crippen LogP contribution in [0, 0.1) is 11.7 Å². The van der Waals surface area contributed by atoms with Crippen molar-refractivity contribution in [3.05, 3.63) is 29.6 Å². The van der Waals surface area contributed by atoms with Gasteiger partial charge < -0.3 is 4.90 Å². The van der Waals surface area contributed by atoms with E-state index < -0.39 is 0 Å². The minimum Gasteiger partial charge on any atom is -0.371 e. The molecule has 1 fully saturated rings. The summed E-state index contributed by atoms with van der Waals surface area (Å²) in [7, 11) is 0. The molecule has 3 heteroatoms.